The Hall–Kier alpha value is -2.66. The second-order valence-corrected chi connectivity index (χ2v) is 5.86. The van der Waals surface area contributed by atoms with Crippen LogP contribution in [0.1, 0.15) is 15.9 Å². The topological polar surface area (TPSA) is 38.8 Å². The number of allylic oxidation sites excluding steroid dienone is 1. The molecule has 5 heteroatoms. The highest BCUT2D eigenvalue weighted by Crippen LogP contribution is 2.15. The SMILES string of the molecule is CN([11CH3])c1ccc(/C=C/C(=O)c2ccc(OCCOCCF)cc2)cc1. The Labute approximate surface area is 153 Å². The van der Waals surface area contributed by atoms with Gasteiger partial charge in [0.1, 0.15) is 19.0 Å². The molecule has 0 saturated heterocycles. The van der Waals surface area contributed by atoms with Gasteiger partial charge in [-0.05, 0) is 48.0 Å². The zero-order valence-electron chi connectivity index (χ0n) is 15.2. The summed E-state index contributed by atoms with van der Waals surface area (Å²) in [4.78, 5) is 14.3. The van der Waals surface area contributed by atoms with Gasteiger partial charge < -0.3 is 14.4 Å². The number of rotatable bonds is 10. The minimum Gasteiger partial charge on any atom is -0.491 e. The van der Waals surface area contributed by atoms with Crippen LogP contribution in [0, 0.1) is 0 Å². The molecule has 0 bridgehead atoms. The molecule has 0 amide bonds. The molecule has 26 heavy (non-hydrogen) atoms. The highest BCUT2D eigenvalue weighted by atomic mass is 19.1. The van der Waals surface area contributed by atoms with Crippen LogP contribution in [0.25, 0.3) is 6.08 Å². The van der Waals surface area contributed by atoms with Crippen molar-refractivity contribution in [3.8, 4) is 5.75 Å². The maximum absolute atomic E-state index is 12.2. The van der Waals surface area contributed by atoms with Crippen molar-refractivity contribution < 1.29 is 18.7 Å². The van der Waals surface area contributed by atoms with Crippen molar-refractivity contribution in [3.63, 3.8) is 0 Å². The number of halogens is 1. The van der Waals surface area contributed by atoms with E-state index >= 15 is 0 Å². The van der Waals surface area contributed by atoms with Gasteiger partial charge in [0, 0.05) is 25.3 Å². The first-order valence-corrected chi connectivity index (χ1v) is 8.46. The number of anilines is 1. The van der Waals surface area contributed by atoms with Crippen LogP contribution in [0.5, 0.6) is 5.75 Å². The third-order valence-corrected chi connectivity index (χ3v) is 3.69. The molecule has 0 heterocycles. The highest BCUT2D eigenvalue weighted by Gasteiger charge is 2.03. The molecular formula is C21H24FNO3. The molecule has 0 unspecified atom stereocenters. The average Bonchev–Trinajstić information content (AvgIpc) is 2.66. The normalized spacial score (nSPS) is 10.9. The van der Waals surface area contributed by atoms with Gasteiger partial charge >= 0.3 is 0 Å². The predicted molar refractivity (Wildman–Crippen MR) is 103 cm³/mol. The third kappa shape index (κ3) is 6.33. The number of nitrogens with zero attached hydrogens (tertiary/aromatic N) is 1. The van der Waals surface area contributed by atoms with Gasteiger partial charge in [-0.3, -0.25) is 4.79 Å². The molecule has 0 radical (unpaired) electrons. The fraction of sp³-hybridized carbons (Fsp3) is 0.286. The molecule has 138 valence electrons. The van der Waals surface area contributed by atoms with Crippen molar-refractivity contribution in [2.75, 3.05) is 45.5 Å². The molecule has 0 aliphatic carbocycles. The summed E-state index contributed by atoms with van der Waals surface area (Å²) in [7, 11) is 3.97. The van der Waals surface area contributed by atoms with Crippen LogP contribution in [0.4, 0.5) is 10.1 Å². The molecule has 0 aliphatic heterocycles. The Balaban J connectivity index is 1.86. The van der Waals surface area contributed by atoms with Gasteiger partial charge in [0.15, 0.2) is 5.78 Å². The minimum absolute atomic E-state index is 0.0699. The van der Waals surface area contributed by atoms with E-state index < -0.39 is 6.67 Å². The summed E-state index contributed by atoms with van der Waals surface area (Å²) < 4.78 is 22.3. The number of carbonyl (C=O) groups excluding carboxylic acids is 1. The largest absolute Gasteiger partial charge is 0.491 e. The van der Waals surface area contributed by atoms with Crippen molar-refractivity contribution in [2.45, 2.75) is 0 Å². The van der Waals surface area contributed by atoms with Crippen LogP contribution < -0.4 is 9.64 Å². The molecule has 0 aromatic heterocycles. The second kappa shape index (κ2) is 10.4. The lowest BCUT2D eigenvalue weighted by molar-refractivity contribution is 0.0897. The molecule has 0 aliphatic rings. The fourth-order valence-electron chi connectivity index (χ4n) is 2.24. The highest BCUT2D eigenvalue weighted by molar-refractivity contribution is 6.06. The lowest BCUT2D eigenvalue weighted by atomic mass is 10.1. The van der Waals surface area contributed by atoms with E-state index in [-0.39, 0.29) is 12.4 Å². The summed E-state index contributed by atoms with van der Waals surface area (Å²) in [5, 5.41) is 0. The number of carbonyl (C=O) groups is 1. The van der Waals surface area contributed by atoms with Crippen molar-refractivity contribution in [1.29, 1.82) is 0 Å². The Morgan fingerprint density at radius 1 is 1.00 bits per heavy atom. The zero-order chi connectivity index (χ0) is 18.8. The van der Waals surface area contributed by atoms with Crippen molar-refractivity contribution >= 4 is 17.5 Å². The Morgan fingerprint density at radius 3 is 2.31 bits per heavy atom. The van der Waals surface area contributed by atoms with Gasteiger partial charge in [-0.2, -0.15) is 0 Å². The summed E-state index contributed by atoms with van der Waals surface area (Å²) >= 11 is 0. The van der Waals surface area contributed by atoms with E-state index in [9.17, 15) is 9.18 Å². The molecule has 2 rings (SSSR count). The lowest BCUT2D eigenvalue weighted by Gasteiger charge is -2.11. The third-order valence-electron chi connectivity index (χ3n) is 3.69. The first-order valence-electron chi connectivity index (χ1n) is 8.46. The van der Waals surface area contributed by atoms with Gasteiger partial charge in [0.25, 0.3) is 0 Å². The van der Waals surface area contributed by atoms with Crippen LogP contribution in [-0.4, -0.2) is 46.4 Å². The molecule has 4 nitrogen and oxygen atoms in total. The Kier molecular flexibility index (Phi) is 7.83. The molecule has 0 saturated carbocycles. The maximum atomic E-state index is 12.2. The van der Waals surface area contributed by atoms with Gasteiger partial charge in [-0.15, -0.1) is 0 Å². The van der Waals surface area contributed by atoms with Crippen LogP contribution in [0.2, 0.25) is 0 Å². The number of benzene rings is 2. The summed E-state index contributed by atoms with van der Waals surface area (Å²) in [6.07, 6.45) is 3.36. The first-order chi connectivity index (χ1) is 12.6. The second-order valence-electron chi connectivity index (χ2n) is 5.86. The quantitative estimate of drug-likeness (QED) is 0.366. The zero-order valence-corrected chi connectivity index (χ0v) is 15.2. The van der Waals surface area contributed by atoms with E-state index in [1.807, 2.05) is 43.3 Å². The maximum Gasteiger partial charge on any atom is 0.185 e. The number of hydrogen-bond donors (Lipinski definition) is 0. The average molecular weight is 356 g/mol. The number of ether oxygens (including phenoxy) is 2. The molecule has 0 atom stereocenters. The van der Waals surface area contributed by atoms with Gasteiger partial charge in [-0.1, -0.05) is 18.2 Å². The summed E-state index contributed by atoms with van der Waals surface area (Å²) in [5.74, 6) is 0.577. The van der Waals surface area contributed by atoms with E-state index in [1.165, 1.54) is 0 Å². The number of ketones is 1. The Bertz CT molecular complexity index is 709. The van der Waals surface area contributed by atoms with Crippen LogP contribution in [0.15, 0.2) is 54.6 Å². The number of hydrogen-bond acceptors (Lipinski definition) is 4. The summed E-state index contributed by atoms with van der Waals surface area (Å²) in [6, 6.07) is 14.9. The van der Waals surface area contributed by atoms with E-state index in [0.717, 1.165) is 11.3 Å². The summed E-state index contributed by atoms with van der Waals surface area (Å²) in [6.45, 7) is 0.265. The lowest BCUT2D eigenvalue weighted by Crippen LogP contribution is -2.08. The Morgan fingerprint density at radius 2 is 1.69 bits per heavy atom. The van der Waals surface area contributed by atoms with E-state index in [0.29, 0.717) is 24.5 Å². The first kappa shape index (κ1) is 19.7. The van der Waals surface area contributed by atoms with E-state index in [2.05, 4.69) is 0 Å². The van der Waals surface area contributed by atoms with Crippen molar-refractivity contribution in [3.05, 3.63) is 65.7 Å². The molecule has 2 aromatic rings. The van der Waals surface area contributed by atoms with Gasteiger partial charge in [0.05, 0.1) is 13.2 Å². The molecule has 0 spiro atoms. The minimum atomic E-state index is -0.496. The van der Waals surface area contributed by atoms with Gasteiger partial charge in [-0.25, -0.2) is 4.39 Å². The van der Waals surface area contributed by atoms with Crippen LogP contribution in [0.3, 0.4) is 0 Å². The fourth-order valence-corrected chi connectivity index (χ4v) is 2.24. The molecular weight excluding hydrogens is 332 g/mol. The molecule has 0 fully saturated rings. The molecule has 2 aromatic carbocycles. The van der Waals surface area contributed by atoms with E-state index in [4.69, 9.17) is 9.47 Å². The van der Waals surface area contributed by atoms with Crippen molar-refractivity contribution in [1.82, 2.24) is 0 Å². The smallest absolute Gasteiger partial charge is 0.185 e. The van der Waals surface area contributed by atoms with Crippen LogP contribution >= 0.6 is 0 Å². The summed E-state index contributed by atoms with van der Waals surface area (Å²) in [5.41, 5.74) is 2.67. The van der Waals surface area contributed by atoms with Crippen molar-refractivity contribution in [2.24, 2.45) is 0 Å². The standard InChI is InChI=1S/C21H24FNO3/c1-23(2)19-8-3-17(4-9-19)5-12-21(24)18-6-10-20(11-7-18)26-16-15-25-14-13-22/h3-12H,13-16H2,1-2H3/b12-5+/i1-1. The van der Waals surface area contributed by atoms with Crippen LogP contribution in [-0.2, 0) is 4.74 Å². The van der Waals surface area contributed by atoms with Gasteiger partial charge in [0.2, 0.25) is 0 Å². The number of alkyl halides is 1. The molecule has 0 N–H and O–H groups in total. The predicted octanol–water partition coefficient (Wildman–Crippen LogP) is 4.01. The van der Waals surface area contributed by atoms with E-state index in [1.54, 1.807) is 36.4 Å². The monoisotopic (exact) mass is 356 g/mol.